The van der Waals surface area contributed by atoms with E-state index in [-0.39, 0.29) is 10.8 Å². The molecule has 0 aliphatic heterocycles. The van der Waals surface area contributed by atoms with Gasteiger partial charge < -0.3 is 5.11 Å². The maximum absolute atomic E-state index is 10.4. The van der Waals surface area contributed by atoms with Crippen LogP contribution in [0.2, 0.25) is 0 Å². The molecule has 0 aliphatic carbocycles. The number of hydrogen-bond donors (Lipinski definition) is 1. The van der Waals surface area contributed by atoms with Gasteiger partial charge in [-0.1, -0.05) is 59.2 Å². The Hall–Kier alpha value is -1.16. The van der Waals surface area contributed by atoms with Crippen molar-refractivity contribution in [2.45, 2.75) is 59.3 Å². The lowest BCUT2D eigenvalue weighted by Gasteiger charge is -2.27. The molecule has 0 saturated carbocycles. The van der Waals surface area contributed by atoms with Gasteiger partial charge in [-0.25, -0.2) is 0 Å². The summed E-state index contributed by atoms with van der Waals surface area (Å²) in [5.74, 6) is 0.464. The van der Waals surface area contributed by atoms with Gasteiger partial charge in [-0.3, -0.25) is 0 Å². The molecule has 0 spiro atoms. The van der Waals surface area contributed by atoms with Crippen LogP contribution in [0.4, 0.5) is 0 Å². The zero-order valence-electron chi connectivity index (χ0n) is 12.8. The summed E-state index contributed by atoms with van der Waals surface area (Å²) in [6, 6.07) is 4.18. The molecule has 0 amide bonds. The fourth-order valence-corrected chi connectivity index (χ4v) is 1.92. The number of phenols is 1. The van der Waals surface area contributed by atoms with E-state index < -0.39 is 11.6 Å². The van der Waals surface area contributed by atoms with Crippen molar-refractivity contribution in [3.8, 4) is 5.75 Å². The molecule has 0 radical (unpaired) electrons. The minimum absolute atomic E-state index is 0.0178. The fourth-order valence-electron chi connectivity index (χ4n) is 1.92. The van der Waals surface area contributed by atoms with Crippen LogP contribution in [0.15, 0.2) is 12.1 Å². The predicted octanol–water partition coefficient (Wildman–Crippen LogP) is 3.63. The first-order valence-corrected chi connectivity index (χ1v) is 6.88. The molecular weight excluding hydrogens is 260 g/mol. The van der Waals surface area contributed by atoms with E-state index in [1.165, 1.54) is 5.56 Å². The Morgan fingerprint density at radius 1 is 0.895 bits per heavy atom. The molecule has 3 nitrogen and oxygen atoms in total. The molecular formula is C15H24O3S. The third kappa shape index (κ3) is 5.15. The Balaban J connectivity index is 0.000000982. The second-order valence-electron chi connectivity index (χ2n) is 6.78. The SMILES string of the molecule is Cc1cc(C(C)(C)C)c(O)c(C(C)(C)C)c1.O=S=O. The lowest BCUT2D eigenvalue weighted by atomic mass is 9.78. The summed E-state index contributed by atoms with van der Waals surface area (Å²) in [5, 5.41) is 10.4. The average Bonchev–Trinajstić information content (AvgIpc) is 2.19. The Morgan fingerprint density at radius 3 is 1.37 bits per heavy atom. The van der Waals surface area contributed by atoms with Gasteiger partial charge in [-0.2, -0.15) is 8.42 Å². The standard InChI is InChI=1S/C15H24O.O2S/c1-10-8-11(14(2,3)4)13(16)12(9-10)15(5,6)7;1-3-2/h8-9,16H,1-7H3;. The van der Waals surface area contributed by atoms with E-state index in [0.29, 0.717) is 5.75 Å². The Bertz CT molecular complexity index is 438. The van der Waals surface area contributed by atoms with Gasteiger partial charge in [0.2, 0.25) is 0 Å². The number of aryl methyl sites for hydroxylation is 1. The first kappa shape index (κ1) is 17.8. The van der Waals surface area contributed by atoms with Gasteiger partial charge in [0.15, 0.2) is 0 Å². The fraction of sp³-hybridized carbons (Fsp3) is 0.600. The van der Waals surface area contributed by atoms with Crippen LogP contribution in [-0.2, 0) is 22.4 Å². The molecule has 1 aromatic carbocycles. The highest BCUT2D eigenvalue weighted by Crippen LogP contribution is 2.39. The van der Waals surface area contributed by atoms with Crippen LogP contribution in [0.1, 0.15) is 58.2 Å². The zero-order chi connectivity index (χ0) is 15.4. The van der Waals surface area contributed by atoms with Crippen molar-refractivity contribution in [1.29, 1.82) is 0 Å². The molecule has 19 heavy (non-hydrogen) atoms. The van der Waals surface area contributed by atoms with E-state index in [1.54, 1.807) is 0 Å². The van der Waals surface area contributed by atoms with E-state index in [0.717, 1.165) is 11.1 Å². The summed E-state index contributed by atoms with van der Waals surface area (Å²) in [4.78, 5) is 0. The summed E-state index contributed by atoms with van der Waals surface area (Å²) in [5.41, 5.74) is 3.26. The van der Waals surface area contributed by atoms with Crippen molar-refractivity contribution in [2.75, 3.05) is 0 Å². The lowest BCUT2D eigenvalue weighted by molar-refractivity contribution is 0.423. The Morgan fingerprint density at radius 2 is 1.16 bits per heavy atom. The van der Waals surface area contributed by atoms with E-state index in [2.05, 4.69) is 60.6 Å². The molecule has 0 bridgehead atoms. The topological polar surface area (TPSA) is 54.4 Å². The second-order valence-corrected chi connectivity index (χ2v) is 6.91. The molecule has 0 saturated heterocycles. The summed E-state index contributed by atoms with van der Waals surface area (Å²) in [7, 11) is 0. The summed E-state index contributed by atoms with van der Waals surface area (Å²) in [6.45, 7) is 14.9. The normalized spacial score (nSPS) is 11.5. The van der Waals surface area contributed by atoms with E-state index in [4.69, 9.17) is 8.42 Å². The molecule has 108 valence electrons. The highest BCUT2D eigenvalue weighted by molar-refractivity contribution is 7.51. The number of hydrogen-bond acceptors (Lipinski definition) is 3. The maximum atomic E-state index is 10.4. The average molecular weight is 284 g/mol. The molecule has 1 aromatic rings. The summed E-state index contributed by atoms with van der Waals surface area (Å²) >= 11 is -0.750. The molecule has 0 unspecified atom stereocenters. The van der Waals surface area contributed by atoms with Crippen LogP contribution in [0.5, 0.6) is 5.75 Å². The van der Waals surface area contributed by atoms with Crippen LogP contribution in [-0.4, -0.2) is 13.5 Å². The summed E-state index contributed by atoms with van der Waals surface area (Å²) in [6.07, 6.45) is 0. The van der Waals surface area contributed by atoms with Crippen LogP contribution >= 0.6 is 0 Å². The van der Waals surface area contributed by atoms with Gasteiger partial charge >= 0.3 is 11.6 Å². The zero-order valence-corrected chi connectivity index (χ0v) is 13.6. The molecule has 0 atom stereocenters. The minimum Gasteiger partial charge on any atom is -0.507 e. The maximum Gasteiger partial charge on any atom is 0.335 e. The highest BCUT2D eigenvalue weighted by Gasteiger charge is 2.25. The number of phenolic OH excluding ortho intramolecular Hbond substituents is 1. The number of rotatable bonds is 0. The van der Waals surface area contributed by atoms with E-state index in [1.807, 2.05) is 0 Å². The first-order chi connectivity index (χ1) is 8.45. The Labute approximate surface area is 119 Å². The van der Waals surface area contributed by atoms with Crippen molar-refractivity contribution >= 4 is 11.6 Å². The van der Waals surface area contributed by atoms with Gasteiger partial charge in [0.25, 0.3) is 0 Å². The van der Waals surface area contributed by atoms with Crippen LogP contribution in [0.3, 0.4) is 0 Å². The largest absolute Gasteiger partial charge is 0.507 e. The molecule has 0 aliphatic rings. The van der Waals surface area contributed by atoms with Crippen molar-refractivity contribution in [1.82, 2.24) is 0 Å². The minimum atomic E-state index is -0.750. The van der Waals surface area contributed by atoms with Crippen molar-refractivity contribution in [3.63, 3.8) is 0 Å². The highest BCUT2D eigenvalue weighted by atomic mass is 32.1. The lowest BCUT2D eigenvalue weighted by Crippen LogP contribution is -2.17. The van der Waals surface area contributed by atoms with Gasteiger partial charge in [0.05, 0.1) is 0 Å². The monoisotopic (exact) mass is 284 g/mol. The van der Waals surface area contributed by atoms with Gasteiger partial charge in [-0.15, -0.1) is 0 Å². The molecule has 1 N–H and O–H groups in total. The van der Waals surface area contributed by atoms with Gasteiger partial charge in [0, 0.05) is 0 Å². The number of benzene rings is 1. The second kappa shape index (κ2) is 6.33. The molecule has 4 heteroatoms. The van der Waals surface area contributed by atoms with E-state index in [9.17, 15) is 5.11 Å². The third-order valence-electron chi connectivity index (χ3n) is 2.87. The summed E-state index contributed by atoms with van der Waals surface area (Å²) < 4.78 is 16.6. The van der Waals surface area contributed by atoms with Crippen molar-refractivity contribution in [2.24, 2.45) is 0 Å². The van der Waals surface area contributed by atoms with Crippen molar-refractivity contribution in [3.05, 3.63) is 28.8 Å². The van der Waals surface area contributed by atoms with Crippen molar-refractivity contribution < 1.29 is 13.5 Å². The predicted molar refractivity (Wildman–Crippen MR) is 79.2 cm³/mol. The van der Waals surface area contributed by atoms with Gasteiger partial charge in [0.1, 0.15) is 5.75 Å². The van der Waals surface area contributed by atoms with Crippen LogP contribution < -0.4 is 0 Å². The first-order valence-electron chi connectivity index (χ1n) is 6.21. The van der Waals surface area contributed by atoms with Crippen LogP contribution in [0.25, 0.3) is 0 Å². The smallest absolute Gasteiger partial charge is 0.335 e. The molecule has 0 fully saturated rings. The molecule has 0 aromatic heterocycles. The van der Waals surface area contributed by atoms with E-state index >= 15 is 0 Å². The quantitative estimate of drug-likeness (QED) is 0.791. The third-order valence-corrected chi connectivity index (χ3v) is 2.87. The van der Waals surface area contributed by atoms with Crippen LogP contribution in [0, 0.1) is 6.92 Å². The Kier molecular flexibility index (Phi) is 5.94. The molecule has 0 heterocycles. The van der Waals surface area contributed by atoms with Gasteiger partial charge in [-0.05, 0) is 28.9 Å². The molecule has 1 rings (SSSR count). The number of aromatic hydroxyl groups is 1.